The van der Waals surface area contributed by atoms with Crippen molar-refractivity contribution in [2.45, 2.75) is 19.4 Å². The third-order valence-corrected chi connectivity index (χ3v) is 6.20. The first-order chi connectivity index (χ1) is 14.7. The van der Waals surface area contributed by atoms with Crippen LogP contribution in [0.15, 0.2) is 60.0 Å². The van der Waals surface area contributed by atoms with Gasteiger partial charge in [0.25, 0.3) is 0 Å². The molecule has 30 heavy (non-hydrogen) atoms. The van der Waals surface area contributed by atoms with Gasteiger partial charge in [0.1, 0.15) is 0 Å². The maximum atomic E-state index is 12.8. The van der Waals surface area contributed by atoms with Crippen LogP contribution < -0.4 is 4.90 Å². The smallest absolute Gasteiger partial charge is 0.228 e. The fraction of sp³-hybridized carbons (Fsp3) is 0.333. The summed E-state index contributed by atoms with van der Waals surface area (Å²) in [5, 5.41) is 3.05. The first kappa shape index (κ1) is 20.6. The van der Waals surface area contributed by atoms with Crippen molar-refractivity contribution in [3.63, 3.8) is 0 Å². The van der Waals surface area contributed by atoms with Crippen molar-refractivity contribution in [2.75, 3.05) is 38.3 Å². The third-order valence-electron chi connectivity index (χ3n) is 5.31. The van der Waals surface area contributed by atoms with Crippen molar-refractivity contribution < 1.29 is 9.53 Å². The van der Waals surface area contributed by atoms with Crippen LogP contribution in [0, 0.1) is 0 Å². The van der Waals surface area contributed by atoms with Crippen molar-refractivity contribution in [3.05, 3.63) is 81.8 Å². The van der Waals surface area contributed by atoms with Crippen LogP contribution in [0.1, 0.15) is 21.8 Å². The number of hydrogen-bond acceptors (Lipinski definition) is 5. The quantitative estimate of drug-likeness (QED) is 0.583. The van der Waals surface area contributed by atoms with Crippen molar-refractivity contribution in [3.8, 4) is 0 Å². The van der Waals surface area contributed by atoms with E-state index in [9.17, 15) is 4.79 Å². The number of hydrogen-bond donors (Lipinski definition) is 0. The molecule has 0 saturated carbocycles. The molecule has 0 spiro atoms. The number of anilines is 1. The maximum absolute atomic E-state index is 12.8. The van der Waals surface area contributed by atoms with E-state index < -0.39 is 0 Å². The highest BCUT2D eigenvalue weighted by molar-refractivity contribution is 7.09. The summed E-state index contributed by atoms with van der Waals surface area (Å²) >= 11 is 1.62. The molecule has 1 amide bonds. The zero-order valence-corrected chi connectivity index (χ0v) is 18.1. The molecule has 4 rings (SSSR count). The Hall–Kier alpha value is -2.70. The number of likely N-dealkylation sites (N-methyl/N-ethyl adjacent to an activating group) is 1. The summed E-state index contributed by atoms with van der Waals surface area (Å²) in [5.41, 5.74) is 4.45. The topological polar surface area (TPSA) is 45.7 Å². The highest BCUT2D eigenvalue weighted by Crippen LogP contribution is 2.23. The van der Waals surface area contributed by atoms with E-state index in [0.29, 0.717) is 13.0 Å². The lowest BCUT2D eigenvalue weighted by Gasteiger charge is -2.31. The van der Waals surface area contributed by atoms with Gasteiger partial charge in [0, 0.05) is 44.2 Å². The molecule has 0 bridgehead atoms. The minimum absolute atomic E-state index is 0.0864. The van der Waals surface area contributed by atoms with Crippen LogP contribution in [0.4, 0.5) is 5.69 Å². The lowest BCUT2D eigenvalue weighted by molar-refractivity contribution is -0.129. The van der Waals surface area contributed by atoms with Crippen LogP contribution in [0.3, 0.4) is 0 Å². The standard InChI is InChI=1S/C24H27N3O2S/c1-26(17-20-9-5-6-10-22(20)27-11-13-29-14-12-27)24(28)16-21-18-30-23(25-21)15-19-7-3-2-4-8-19/h2-10,18H,11-17H2,1H3. The van der Waals surface area contributed by atoms with Gasteiger partial charge in [-0.05, 0) is 17.2 Å². The average molecular weight is 422 g/mol. The van der Waals surface area contributed by atoms with Crippen molar-refractivity contribution in [1.82, 2.24) is 9.88 Å². The predicted molar refractivity (Wildman–Crippen MR) is 121 cm³/mol. The second-order valence-electron chi connectivity index (χ2n) is 7.55. The summed E-state index contributed by atoms with van der Waals surface area (Å²) in [4.78, 5) is 21.6. The molecule has 6 heteroatoms. The number of para-hydroxylation sites is 1. The SMILES string of the molecule is CN(Cc1ccccc1N1CCOCC1)C(=O)Cc1csc(Cc2ccccc2)n1. The first-order valence-corrected chi connectivity index (χ1v) is 11.2. The molecular weight excluding hydrogens is 394 g/mol. The summed E-state index contributed by atoms with van der Waals surface area (Å²) in [5.74, 6) is 0.0864. The highest BCUT2D eigenvalue weighted by atomic mass is 32.1. The predicted octanol–water partition coefficient (Wildman–Crippen LogP) is 3.77. The number of nitrogens with zero attached hydrogens (tertiary/aromatic N) is 3. The van der Waals surface area contributed by atoms with E-state index in [1.54, 1.807) is 16.2 Å². The Morgan fingerprint density at radius 3 is 2.63 bits per heavy atom. The Balaban J connectivity index is 1.37. The minimum Gasteiger partial charge on any atom is -0.378 e. The Morgan fingerprint density at radius 2 is 1.83 bits per heavy atom. The van der Waals surface area contributed by atoms with Gasteiger partial charge in [-0.1, -0.05) is 48.5 Å². The van der Waals surface area contributed by atoms with Gasteiger partial charge in [-0.3, -0.25) is 4.79 Å². The molecule has 1 saturated heterocycles. The Labute approximate surface area is 181 Å². The number of rotatable bonds is 7. The van der Waals surface area contributed by atoms with Gasteiger partial charge in [0.2, 0.25) is 5.91 Å². The van der Waals surface area contributed by atoms with E-state index in [-0.39, 0.29) is 5.91 Å². The van der Waals surface area contributed by atoms with E-state index in [1.807, 2.05) is 36.7 Å². The molecule has 0 atom stereocenters. The summed E-state index contributed by atoms with van der Waals surface area (Å²) < 4.78 is 5.47. The number of amides is 1. The fourth-order valence-electron chi connectivity index (χ4n) is 3.67. The number of benzene rings is 2. The molecule has 5 nitrogen and oxygen atoms in total. The number of ether oxygens (including phenoxy) is 1. The molecule has 2 heterocycles. The van der Waals surface area contributed by atoms with Crippen molar-refractivity contribution in [2.24, 2.45) is 0 Å². The van der Waals surface area contributed by atoms with Crippen LogP contribution in [0.25, 0.3) is 0 Å². The van der Waals surface area contributed by atoms with Gasteiger partial charge < -0.3 is 14.5 Å². The molecule has 1 aliphatic rings. The zero-order valence-electron chi connectivity index (χ0n) is 17.3. The van der Waals surface area contributed by atoms with E-state index in [2.05, 4.69) is 40.2 Å². The summed E-state index contributed by atoms with van der Waals surface area (Å²) in [7, 11) is 1.87. The average Bonchev–Trinajstić information content (AvgIpc) is 3.22. The Morgan fingerprint density at radius 1 is 1.10 bits per heavy atom. The van der Waals surface area contributed by atoms with Crippen LogP contribution in [0.2, 0.25) is 0 Å². The van der Waals surface area contributed by atoms with Gasteiger partial charge in [-0.25, -0.2) is 4.98 Å². The lowest BCUT2D eigenvalue weighted by atomic mass is 10.1. The Kier molecular flexibility index (Phi) is 6.77. The summed E-state index contributed by atoms with van der Waals surface area (Å²) in [6.07, 6.45) is 1.14. The number of aromatic nitrogens is 1. The second-order valence-corrected chi connectivity index (χ2v) is 8.49. The molecule has 1 aromatic heterocycles. The zero-order chi connectivity index (χ0) is 20.8. The van der Waals surface area contributed by atoms with Crippen LogP contribution in [-0.4, -0.2) is 49.1 Å². The van der Waals surface area contributed by atoms with Crippen molar-refractivity contribution in [1.29, 1.82) is 0 Å². The van der Waals surface area contributed by atoms with E-state index in [4.69, 9.17) is 4.74 Å². The number of morpholine rings is 1. The van der Waals surface area contributed by atoms with E-state index >= 15 is 0 Å². The lowest BCUT2D eigenvalue weighted by Crippen LogP contribution is -2.37. The largest absolute Gasteiger partial charge is 0.378 e. The van der Waals surface area contributed by atoms with Crippen LogP contribution >= 0.6 is 11.3 Å². The van der Waals surface area contributed by atoms with Gasteiger partial charge in [-0.2, -0.15) is 0 Å². The third kappa shape index (κ3) is 5.26. The number of carbonyl (C=O) groups excluding carboxylic acids is 1. The number of thiazole rings is 1. The molecular formula is C24H27N3O2S. The van der Waals surface area contributed by atoms with Gasteiger partial charge in [-0.15, -0.1) is 11.3 Å². The molecule has 156 valence electrons. The summed E-state index contributed by atoms with van der Waals surface area (Å²) in [6.45, 7) is 3.86. The highest BCUT2D eigenvalue weighted by Gasteiger charge is 2.18. The van der Waals surface area contributed by atoms with Gasteiger partial charge >= 0.3 is 0 Å². The molecule has 0 aliphatic carbocycles. The molecule has 1 fully saturated rings. The van der Waals surface area contributed by atoms with Crippen LogP contribution in [-0.2, 0) is 28.9 Å². The molecule has 0 unspecified atom stereocenters. The first-order valence-electron chi connectivity index (χ1n) is 10.3. The van der Waals surface area contributed by atoms with E-state index in [0.717, 1.165) is 43.4 Å². The summed E-state index contributed by atoms with van der Waals surface area (Å²) in [6, 6.07) is 18.6. The van der Waals surface area contributed by atoms with Gasteiger partial charge in [0.05, 0.1) is 30.3 Å². The minimum atomic E-state index is 0.0864. The molecule has 2 aromatic carbocycles. The van der Waals surface area contributed by atoms with E-state index in [1.165, 1.54) is 16.8 Å². The van der Waals surface area contributed by atoms with Crippen molar-refractivity contribution >= 4 is 22.9 Å². The molecule has 3 aromatic rings. The fourth-order valence-corrected chi connectivity index (χ4v) is 4.50. The Bertz CT molecular complexity index is 967. The molecule has 1 aliphatic heterocycles. The maximum Gasteiger partial charge on any atom is 0.228 e. The monoisotopic (exact) mass is 421 g/mol. The van der Waals surface area contributed by atoms with Gasteiger partial charge in [0.15, 0.2) is 0 Å². The van der Waals surface area contributed by atoms with Crippen LogP contribution in [0.5, 0.6) is 0 Å². The second kappa shape index (κ2) is 9.87. The molecule has 0 N–H and O–H groups in total. The molecule has 0 radical (unpaired) electrons. The number of carbonyl (C=O) groups is 1. The normalized spacial score (nSPS) is 14.0.